The summed E-state index contributed by atoms with van der Waals surface area (Å²) in [4.78, 5) is 16.3. The van der Waals surface area contributed by atoms with E-state index in [0.29, 0.717) is 0 Å². The molecule has 0 aromatic heterocycles. The molecular weight excluding hydrogens is 250 g/mol. The van der Waals surface area contributed by atoms with E-state index in [1.54, 1.807) is 0 Å². The van der Waals surface area contributed by atoms with Crippen molar-refractivity contribution in [2.24, 2.45) is 0 Å². The number of carbonyl (C=O) groups excluding carboxylic acids is 1. The lowest BCUT2D eigenvalue weighted by Crippen LogP contribution is -2.48. The predicted octanol–water partition coefficient (Wildman–Crippen LogP) is 1.72. The molecule has 1 fully saturated rings. The summed E-state index contributed by atoms with van der Waals surface area (Å²) in [6.07, 6.45) is 3.31. The van der Waals surface area contributed by atoms with Gasteiger partial charge in [-0.15, -0.1) is 0 Å². The third-order valence-corrected chi connectivity index (χ3v) is 3.95. The number of hydrogen-bond donors (Lipinski definition) is 1. The van der Waals surface area contributed by atoms with Gasteiger partial charge in [0.1, 0.15) is 0 Å². The van der Waals surface area contributed by atoms with Crippen LogP contribution in [0.1, 0.15) is 19.3 Å². The van der Waals surface area contributed by atoms with Gasteiger partial charge in [-0.3, -0.25) is 4.79 Å². The molecule has 1 N–H and O–H groups in total. The summed E-state index contributed by atoms with van der Waals surface area (Å²) in [5.74, 6) is 0.228. The maximum Gasteiger partial charge on any atom is 0.239 e. The van der Waals surface area contributed by atoms with E-state index in [1.807, 2.05) is 30.1 Å². The first kappa shape index (κ1) is 14.9. The summed E-state index contributed by atoms with van der Waals surface area (Å²) in [6.45, 7) is 2.57. The first-order chi connectivity index (χ1) is 9.68. The number of benzene rings is 1. The molecule has 0 aliphatic carbocycles. The van der Waals surface area contributed by atoms with Gasteiger partial charge in [-0.1, -0.05) is 24.6 Å². The number of carbonyl (C=O) groups is 1. The van der Waals surface area contributed by atoms with Gasteiger partial charge in [-0.25, -0.2) is 0 Å². The van der Waals surface area contributed by atoms with Crippen molar-refractivity contribution in [2.75, 3.05) is 38.6 Å². The number of para-hydroxylation sites is 1. The lowest BCUT2D eigenvalue weighted by atomic mass is 10.0. The standard InChI is InChI=1S/C16H25N3O/c1-18(14-8-4-3-5-9-14)12-13-19(2)16(20)15-10-6-7-11-17-15/h3-5,8-9,15,17H,6-7,10-13H2,1-2H3/t15-/m1/s1. The molecule has 2 rings (SSSR count). The Labute approximate surface area is 121 Å². The number of amides is 1. The molecule has 1 heterocycles. The van der Waals surface area contributed by atoms with Gasteiger partial charge in [0.15, 0.2) is 0 Å². The zero-order valence-electron chi connectivity index (χ0n) is 12.5. The lowest BCUT2D eigenvalue weighted by molar-refractivity contribution is -0.132. The van der Waals surface area contributed by atoms with Gasteiger partial charge in [-0.05, 0) is 31.5 Å². The highest BCUT2D eigenvalue weighted by Crippen LogP contribution is 2.12. The molecule has 4 nitrogen and oxygen atoms in total. The Bertz CT molecular complexity index is 415. The van der Waals surface area contributed by atoms with Crippen LogP contribution in [0.25, 0.3) is 0 Å². The second kappa shape index (κ2) is 7.29. The molecule has 1 aliphatic rings. The summed E-state index contributed by atoms with van der Waals surface area (Å²) in [5.41, 5.74) is 1.18. The molecule has 1 atom stereocenters. The number of hydrogen-bond acceptors (Lipinski definition) is 3. The van der Waals surface area contributed by atoms with Crippen molar-refractivity contribution in [1.82, 2.24) is 10.2 Å². The molecule has 110 valence electrons. The van der Waals surface area contributed by atoms with Crippen LogP contribution in [0.4, 0.5) is 5.69 Å². The molecule has 20 heavy (non-hydrogen) atoms. The highest BCUT2D eigenvalue weighted by atomic mass is 16.2. The van der Waals surface area contributed by atoms with Crippen LogP contribution < -0.4 is 10.2 Å². The van der Waals surface area contributed by atoms with Crippen molar-refractivity contribution in [1.29, 1.82) is 0 Å². The van der Waals surface area contributed by atoms with Crippen LogP contribution in [-0.2, 0) is 4.79 Å². The zero-order valence-corrected chi connectivity index (χ0v) is 12.5. The first-order valence-electron chi connectivity index (χ1n) is 7.43. The molecule has 0 saturated carbocycles. The number of anilines is 1. The largest absolute Gasteiger partial charge is 0.373 e. The summed E-state index contributed by atoms with van der Waals surface area (Å²) in [6, 6.07) is 10.3. The van der Waals surface area contributed by atoms with E-state index in [4.69, 9.17) is 0 Å². The quantitative estimate of drug-likeness (QED) is 0.889. The fourth-order valence-electron chi connectivity index (χ4n) is 2.55. The smallest absolute Gasteiger partial charge is 0.239 e. The van der Waals surface area contributed by atoms with Crippen LogP contribution >= 0.6 is 0 Å². The van der Waals surface area contributed by atoms with Gasteiger partial charge in [0.2, 0.25) is 5.91 Å². The highest BCUT2D eigenvalue weighted by Gasteiger charge is 2.23. The Hall–Kier alpha value is -1.55. The Kier molecular flexibility index (Phi) is 5.41. The Balaban J connectivity index is 1.79. The molecule has 1 amide bonds. The second-order valence-corrected chi connectivity index (χ2v) is 5.52. The summed E-state index contributed by atoms with van der Waals surface area (Å²) >= 11 is 0. The number of rotatable bonds is 5. The molecule has 1 aliphatic heterocycles. The van der Waals surface area contributed by atoms with Crippen LogP contribution in [0.5, 0.6) is 0 Å². The van der Waals surface area contributed by atoms with Gasteiger partial charge < -0.3 is 15.1 Å². The minimum atomic E-state index is 0.0239. The molecule has 1 aromatic carbocycles. The zero-order chi connectivity index (χ0) is 14.4. The molecule has 0 spiro atoms. The average molecular weight is 275 g/mol. The van der Waals surface area contributed by atoms with Crippen molar-refractivity contribution < 1.29 is 4.79 Å². The lowest BCUT2D eigenvalue weighted by Gasteiger charge is -2.29. The SMILES string of the molecule is CN(CCN(C)c1ccccc1)C(=O)[C@H]1CCCCN1. The van der Waals surface area contributed by atoms with Crippen molar-refractivity contribution in [2.45, 2.75) is 25.3 Å². The van der Waals surface area contributed by atoms with E-state index in [9.17, 15) is 4.79 Å². The Morgan fingerprint density at radius 1 is 1.20 bits per heavy atom. The monoisotopic (exact) mass is 275 g/mol. The van der Waals surface area contributed by atoms with Crippen LogP contribution in [0.3, 0.4) is 0 Å². The fraction of sp³-hybridized carbons (Fsp3) is 0.562. The maximum atomic E-state index is 12.3. The summed E-state index contributed by atoms with van der Waals surface area (Å²) in [5, 5.41) is 3.31. The third kappa shape index (κ3) is 3.97. The van der Waals surface area contributed by atoms with E-state index in [0.717, 1.165) is 32.5 Å². The van der Waals surface area contributed by atoms with Gasteiger partial charge >= 0.3 is 0 Å². The predicted molar refractivity (Wildman–Crippen MR) is 83.0 cm³/mol. The first-order valence-corrected chi connectivity index (χ1v) is 7.43. The van der Waals surface area contributed by atoms with Gasteiger partial charge in [0, 0.05) is 32.9 Å². The number of nitrogens with one attached hydrogen (secondary N) is 1. The van der Waals surface area contributed by atoms with E-state index < -0.39 is 0 Å². The second-order valence-electron chi connectivity index (χ2n) is 5.52. The molecule has 0 bridgehead atoms. The maximum absolute atomic E-state index is 12.3. The summed E-state index contributed by atoms with van der Waals surface area (Å²) < 4.78 is 0. The van der Waals surface area contributed by atoms with Crippen LogP contribution in [0.15, 0.2) is 30.3 Å². The van der Waals surface area contributed by atoms with Crippen LogP contribution in [0, 0.1) is 0 Å². The van der Waals surface area contributed by atoms with Gasteiger partial charge in [0.05, 0.1) is 6.04 Å². The van der Waals surface area contributed by atoms with Crippen molar-refractivity contribution in [3.8, 4) is 0 Å². The molecule has 1 saturated heterocycles. The molecule has 1 aromatic rings. The number of nitrogens with zero attached hydrogens (tertiary/aromatic N) is 2. The number of likely N-dealkylation sites (N-methyl/N-ethyl adjacent to an activating group) is 2. The van der Waals surface area contributed by atoms with E-state index in [2.05, 4.69) is 29.4 Å². The fourth-order valence-corrected chi connectivity index (χ4v) is 2.55. The highest BCUT2D eigenvalue weighted by molar-refractivity contribution is 5.81. The van der Waals surface area contributed by atoms with E-state index in [-0.39, 0.29) is 11.9 Å². The third-order valence-electron chi connectivity index (χ3n) is 3.95. The molecule has 0 unspecified atom stereocenters. The van der Waals surface area contributed by atoms with Crippen LogP contribution in [0.2, 0.25) is 0 Å². The molecule has 0 radical (unpaired) electrons. The van der Waals surface area contributed by atoms with E-state index >= 15 is 0 Å². The topological polar surface area (TPSA) is 35.6 Å². The van der Waals surface area contributed by atoms with Crippen molar-refractivity contribution >= 4 is 11.6 Å². The van der Waals surface area contributed by atoms with E-state index in [1.165, 1.54) is 12.1 Å². The minimum absolute atomic E-state index is 0.0239. The Morgan fingerprint density at radius 3 is 2.60 bits per heavy atom. The van der Waals surface area contributed by atoms with Crippen molar-refractivity contribution in [3.05, 3.63) is 30.3 Å². The Morgan fingerprint density at radius 2 is 1.95 bits per heavy atom. The van der Waals surface area contributed by atoms with Crippen LogP contribution in [-0.4, -0.2) is 50.6 Å². The molecule has 4 heteroatoms. The average Bonchev–Trinajstić information content (AvgIpc) is 2.53. The number of piperidine rings is 1. The normalized spacial score (nSPS) is 18.6. The van der Waals surface area contributed by atoms with Gasteiger partial charge in [-0.2, -0.15) is 0 Å². The minimum Gasteiger partial charge on any atom is -0.373 e. The molecular formula is C16H25N3O. The summed E-state index contributed by atoms with van der Waals surface area (Å²) in [7, 11) is 3.96. The van der Waals surface area contributed by atoms with Crippen molar-refractivity contribution in [3.63, 3.8) is 0 Å². The van der Waals surface area contributed by atoms with Gasteiger partial charge in [0.25, 0.3) is 0 Å².